The molecule has 0 aliphatic carbocycles. The van der Waals surface area contributed by atoms with Gasteiger partial charge in [-0.05, 0) is 47.6 Å². The zero-order valence-electron chi connectivity index (χ0n) is 16.4. The molecule has 2 aromatic rings. The smallest absolute Gasteiger partial charge is 0.272 e. The molecule has 0 fully saturated rings. The lowest BCUT2D eigenvalue weighted by Gasteiger charge is -2.16. The van der Waals surface area contributed by atoms with Crippen LogP contribution in [0.25, 0.3) is 5.57 Å². The van der Waals surface area contributed by atoms with Gasteiger partial charge in [-0.1, -0.05) is 32.0 Å². The topological polar surface area (TPSA) is 55.8 Å². The number of aryl methyl sites for hydroxylation is 1. The number of benzene rings is 2. The third kappa shape index (κ3) is 3.52. The molecule has 1 aliphatic rings. The Balaban J connectivity index is 2.07. The fourth-order valence-electron chi connectivity index (χ4n) is 3.15. The van der Waals surface area contributed by atoms with Crippen LogP contribution in [0.5, 0.6) is 11.5 Å². The van der Waals surface area contributed by atoms with Crippen molar-refractivity contribution in [2.24, 2.45) is 0 Å². The van der Waals surface area contributed by atoms with Gasteiger partial charge in [0.05, 0.1) is 30.4 Å². The summed E-state index contributed by atoms with van der Waals surface area (Å²) in [6, 6.07) is 12.8. The summed E-state index contributed by atoms with van der Waals surface area (Å²) in [7, 11) is 3.10. The van der Waals surface area contributed by atoms with Gasteiger partial charge in [0.1, 0.15) is 0 Å². The summed E-state index contributed by atoms with van der Waals surface area (Å²) in [4.78, 5) is 28.1. The number of carbonyl (C=O) groups excluding carboxylic acids is 2. The van der Waals surface area contributed by atoms with E-state index in [9.17, 15) is 9.59 Å². The SMILES string of the molecule is CCSC1=C(c2ccc(OC)c(OC)c2)C(=O)N(c2ccc(CC)cc2)C1=O. The van der Waals surface area contributed by atoms with Gasteiger partial charge in [-0.2, -0.15) is 0 Å². The number of nitrogens with zero attached hydrogens (tertiary/aromatic N) is 1. The Morgan fingerprint density at radius 1 is 0.893 bits per heavy atom. The fraction of sp³-hybridized carbons (Fsp3) is 0.273. The van der Waals surface area contributed by atoms with Crippen LogP contribution in [0.15, 0.2) is 47.4 Å². The summed E-state index contributed by atoms with van der Waals surface area (Å²) in [5, 5.41) is 0. The van der Waals surface area contributed by atoms with Crippen LogP contribution in [0.4, 0.5) is 5.69 Å². The maximum Gasteiger partial charge on any atom is 0.272 e. The molecule has 2 amide bonds. The Morgan fingerprint density at radius 3 is 2.14 bits per heavy atom. The highest BCUT2D eigenvalue weighted by atomic mass is 32.2. The first-order valence-electron chi connectivity index (χ1n) is 9.12. The summed E-state index contributed by atoms with van der Waals surface area (Å²) >= 11 is 1.38. The van der Waals surface area contributed by atoms with Crippen LogP contribution in [0.2, 0.25) is 0 Å². The van der Waals surface area contributed by atoms with Crippen molar-refractivity contribution in [1.82, 2.24) is 0 Å². The number of hydrogen-bond acceptors (Lipinski definition) is 5. The van der Waals surface area contributed by atoms with Crippen molar-refractivity contribution >= 4 is 34.8 Å². The molecule has 2 aromatic carbocycles. The number of imide groups is 1. The number of hydrogen-bond donors (Lipinski definition) is 0. The number of ether oxygens (including phenoxy) is 2. The van der Waals surface area contributed by atoms with Crippen LogP contribution in [0, 0.1) is 0 Å². The third-order valence-electron chi connectivity index (χ3n) is 4.61. The second-order valence-electron chi connectivity index (χ2n) is 6.17. The van der Waals surface area contributed by atoms with Gasteiger partial charge in [0.15, 0.2) is 11.5 Å². The van der Waals surface area contributed by atoms with Crippen LogP contribution >= 0.6 is 11.8 Å². The maximum absolute atomic E-state index is 13.3. The van der Waals surface area contributed by atoms with Crippen molar-refractivity contribution < 1.29 is 19.1 Å². The van der Waals surface area contributed by atoms with E-state index in [2.05, 4.69) is 6.92 Å². The van der Waals surface area contributed by atoms with E-state index in [1.54, 1.807) is 32.4 Å². The molecule has 5 nitrogen and oxygen atoms in total. The molecule has 146 valence electrons. The monoisotopic (exact) mass is 397 g/mol. The number of rotatable bonds is 7. The van der Waals surface area contributed by atoms with Crippen molar-refractivity contribution in [1.29, 1.82) is 0 Å². The van der Waals surface area contributed by atoms with E-state index in [-0.39, 0.29) is 11.8 Å². The zero-order valence-corrected chi connectivity index (χ0v) is 17.3. The Bertz CT molecular complexity index is 934. The summed E-state index contributed by atoms with van der Waals surface area (Å²) < 4.78 is 10.6. The molecule has 1 heterocycles. The summed E-state index contributed by atoms with van der Waals surface area (Å²) in [5.74, 6) is 1.16. The quantitative estimate of drug-likeness (QED) is 0.652. The standard InChI is InChI=1S/C22H23NO4S/c1-5-14-7-10-16(11-8-14)23-21(24)19(20(22(23)25)28-6-2)15-9-12-17(26-3)18(13-15)27-4/h7-13H,5-6H2,1-4H3. The van der Waals surface area contributed by atoms with Gasteiger partial charge < -0.3 is 9.47 Å². The average molecular weight is 397 g/mol. The molecule has 0 bridgehead atoms. The number of thioether (sulfide) groups is 1. The van der Waals surface area contributed by atoms with Crippen molar-refractivity contribution in [3.8, 4) is 11.5 Å². The normalized spacial score (nSPS) is 14.1. The first-order chi connectivity index (χ1) is 13.5. The molecular weight excluding hydrogens is 374 g/mol. The molecule has 1 aliphatic heterocycles. The zero-order chi connectivity index (χ0) is 20.3. The Labute approximate surface area is 169 Å². The van der Waals surface area contributed by atoms with Crippen molar-refractivity contribution in [3.63, 3.8) is 0 Å². The number of anilines is 1. The third-order valence-corrected chi connectivity index (χ3v) is 5.56. The highest BCUT2D eigenvalue weighted by molar-refractivity contribution is 8.04. The molecule has 0 atom stereocenters. The van der Waals surface area contributed by atoms with E-state index < -0.39 is 0 Å². The molecule has 0 saturated carbocycles. The predicted octanol–water partition coefficient (Wildman–Crippen LogP) is 4.30. The van der Waals surface area contributed by atoms with Crippen LogP contribution in [-0.4, -0.2) is 31.8 Å². The number of carbonyl (C=O) groups is 2. The molecule has 0 N–H and O–H groups in total. The minimum absolute atomic E-state index is 0.286. The molecule has 0 spiro atoms. The first-order valence-corrected chi connectivity index (χ1v) is 10.1. The Kier molecular flexibility index (Phi) is 6.09. The van der Waals surface area contributed by atoms with E-state index in [1.165, 1.54) is 16.7 Å². The highest BCUT2D eigenvalue weighted by Crippen LogP contribution is 2.40. The summed E-state index contributed by atoms with van der Waals surface area (Å²) in [6.45, 7) is 4.02. The largest absolute Gasteiger partial charge is 0.493 e. The van der Waals surface area contributed by atoms with E-state index in [1.807, 2.05) is 31.2 Å². The highest BCUT2D eigenvalue weighted by Gasteiger charge is 2.40. The lowest BCUT2D eigenvalue weighted by Crippen LogP contribution is -2.31. The predicted molar refractivity (Wildman–Crippen MR) is 113 cm³/mol. The minimum Gasteiger partial charge on any atom is -0.493 e. The van der Waals surface area contributed by atoms with Gasteiger partial charge >= 0.3 is 0 Å². The minimum atomic E-state index is -0.322. The maximum atomic E-state index is 13.3. The van der Waals surface area contributed by atoms with Gasteiger partial charge in [-0.25, -0.2) is 4.90 Å². The molecule has 0 saturated heterocycles. The Morgan fingerprint density at radius 2 is 1.57 bits per heavy atom. The van der Waals surface area contributed by atoms with E-state index in [0.717, 1.165) is 12.0 Å². The van der Waals surface area contributed by atoms with E-state index in [0.29, 0.717) is 39.0 Å². The average Bonchev–Trinajstić information content (AvgIpc) is 2.97. The number of methoxy groups -OCH3 is 2. The van der Waals surface area contributed by atoms with Gasteiger partial charge in [-0.15, -0.1) is 11.8 Å². The summed E-state index contributed by atoms with van der Waals surface area (Å²) in [5.41, 5.74) is 2.77. The first kappa shape index (κ1) is 20.0. The second kappa shape index (κ2) is 8.52. The molecule has 28 heavy (non-hydrogen) atoms. The molecule has 3 rings (SSSR count). The molecule has 6 heteroatoms. The lowest BCUT2D eigenvalue weighted by atomic mass is 10.1. The van der Waals surface area contributed by atoms with Gasteiger partial charge in [0, 0.05) is 0 Å². The van der Waals surface area contributed by atoms with Crippen LogP contribution < -0.4 is 14.4 Å². The lowest BCUT2D eigenvalue weighted by molar-refractivity contribution is -0.119. The molecule has 0 unspecified atom stereocenters. The van der Waals surface area contributed by atoms with Crippen LogP contribution in [0.1, 0.15) is 25.0 Å². The van der Waals surface area contributed by atoms with Gasteiger partial charge in [0.25, 0.3) is 11.8 Å². The van der Waals surface area contributed by atoms with Crippen molar-refractivity contribution in [2.75, 3.05) is 24.9 Å². The van der Waals surface area contributed by atoms with Gasteiger partial charge in [0.2, 0.25) is 0 Å². The molecular formula is C22H23NO4S. The molecule has 0 radical (unpaired) electrons. The van der Waals surface area contributed by atoms with Crippen LogP contribution in [0.3, 0.4) is 0 Å². The van der Waals surface area contributed by atoms with Crippen LogP contribution in [-0.2, 0) is 16.0 Å². The van der Waals surface area contributed by atoms with E-state index >= 15 is 0 Å². The van der Waals surface area contributed by atoms with Gasteiger partial charge in [-0.3, -0.25) is 9.59 Å². The fourth-order valence-corrected chi connectivity index (χ4v) is 4.00. The second-order valence-corrected chi connectivity index (χ2v) is 7.45. The Hall–Kier alpha value is -2.73. The summed E-state index contributed by atoms with van der Waals surface area (Å²) in [6.07, 6.45) is 0.897. The number of amides is 2. The molecule has 0 aromatic heterocycles. The van der Waals surface area contributed by atoms with Crippen molar-refractivity contribution in [3.05, 3.63) is 58.5 Å². The van der Waals surface area contributed by atoms with Crippen molar-refractivity contribution in [2.45, 2.75) is 20.3 Å². The van der Waals surface area contributed by atoms with E-state index in [4.69, 9.17) is 9.47 Å².